The van der Waals surface area contributed by atoms with E-state index in [0.29, 0.717) is 22.3 Å². The standard InChI is InChI=1S/C14H13FN4O/c1-7-4-10(11(15)5-8(7)6-16)9-2-3-17-13-12(9)18-14(20)19-13/h2-5H,6,16H2,1H3,(H2,17,18,19,20). The number of nitrogens with zero attached hydrogens (tertiary/aromatic N) is 1. The summed E-state index contributed by atoms with van der Waals surface area (Å²) in [6.45, 7) is 2.17. The fourth-order valence-corrected chi connectivity index (χ4v) is 2.31. The Morgan fingerprint density at radius 1 is 1.30 bits per heavy atom. The van der Waals surface area contributed by atoms with E-state index in [-0.39, 0.29) is 18.1 Å². The van der Waals surface area contributed by atoms with Crippen molar-refractivity contribution in [1.29, 1.82) is 0 Å². The number of aromatic amines is 2. The van der Waals surface area contributed by atoms with Gasteiger partial charge < -0.3 is 10.7 Å². The number of H-pyrrole nitrogens is 2. The number of fused-ring (bicyclic) bond motifs is 1. The summed E-state index contributed by atoms with van der Waals surface area (Å²) in [5.41, 5.74) is 8.80. The van der Waals surface area contributed by atoms with Crippen molar-refractivity contribution in [2.75, 3.05) is 0 Å². The average Bonchev–Trinajstić information content (AvgIpc) is 2.81. The van der Waals surface area contributed by atoms with Crippen molar-refractivity contribution in [3.63, 3.8) is 0 Å². The summed E-state index contributed by atoms with van der Waals surface area (Å²) >= 11 is 0. The van der Waals surface area contributed by atoms with Crippen molar-refractivity contribution in [1.82, 2.24) is 15.0 Å². The molecular formula is C14H13FN4O. The lowest BCUT2D eigenvalue weighted by Crippen LogP contribution is -2.01. The number of imidazole rings is 1. The van der Waals surface area contributed by atoms with Gasteiger partial charge in [0, 0.05) is 23.9 Å². The second-order valence-corrected chi connectivity index (χ2v) is 4.62. The second-order valence-electron chi connectivity index (χ2n) is 4.62. The molecule has 0 unspecified atom stereocenters. The maximum absolute atomic E-state index is 14.3. The Morgan fingerprint density at radius 2 is 2.10 bits per heavy atom. The zero-order valence-electron chi connectivity index (χ0n) is 10.8. The number of pyridine rings is 1. The molecule has 0 atom stereocenters. The normalized spacial score (nSPS) is 11.2. The zero-order chi connectivity index (χ0) is 14.3. The Labute approximate surface area is 113 Å². The molecule has 3 aromatic rings. The van der Waals surface area contributed by atoms with Crippen LogP contribution in [0.25, 0.3) is 22.3 Å². The predicted molar refractivity (Wildman–Crippen MR) is 74.7 cm³/mol. The van der Waals surface area contributed by atoms with Gasteiger partial charge >= 0.3 is 5.69 Å². The summed E-state index contributed by atoms with van der Waals surface area (Å²) in [6, 6.07) is 4.84. The van der Waals surface area contributed by atoms with Gasteiger partial charge in [-0.2, -0.15) is 0 Å². The van der Waals surface area contributed by atoms with Crippen molar-refractivity contribution >= 4 is 11.2 Å². The van der Waals surface area contributed by atoms with Crippen molar-refractivity contribution in [2.24, 2.45) is 5.73 Å². The highest BCUT2D eigenvalue weighted by Gasteiger charge is 2.13. The highest BCUT2D eigenvalue weighted by atomic mass is 19.1. The van der Waals surface area contributed by atoms with E-state index in [1.54, 1.807) is 12.1 Å². The number of hydrogen-bond acceptors (Lipinski definition) is 3. The summed E-state index contributed by atoms with van der Waals surface area (Å²) in [7, 11) is 0. The average molecular weight is 272 g/mol. The number of halogens is 1. The van der Waals surface area contributed by atoms with Gasteiger partial charge in [-0.25, -0.2) is 14.2 Å². The van der Waals surface area contributed by atoms with E-state index in [1.165, 1.54) is 12.3 Å². The maximum atomic E-state index is 14.3. The zero-order valence-corrected chi connectivity index (χ0v) is 10.8. The van der Waals surface area contributed by atoms with E-state index in [9.17, 15) is 9.18 Å². The van der Waals surface area contributed by atoms with E-state index in [1.807, 2.05) is 6.92 Å². The Balaban J connectivity index is 2.31. The van der Waals surface area contributed by atoms with Crippen LogP contribution in [0.4, 0.5) is 4.39 Å². The highest BCUT2D eigenvalue weighted by molar-refractivity contribution is 5.89. The molecule has 0 amide bonds. The van der Waals surface area contributed by atoms with E-state index < -0.39 is 0 Å². The fourth-order valence-electron chi connectivity index (χ4n) is 2.31. The monoisotopic (exact) mass is 272 g/mol. The first-order valence-electron chi connectivity index (χ1n) is 6.16. The number of nitrogens with two attached hydrogens (primary N) is 1. The maximum Gasteiger partial charge on any atom is 0.325 e. The summed E-state index contributed by atoms with van der Waals surface area (Å²) in [4.78, 5) is 20.6. The number of aromatic nitrogens is 3. The molecule has 5 nitrogen and oxygen atoms in total. The highest BCUT2D eigenvalue weighted by Crippen LogP contribution is 2.29. The quantitative estimate of drug-likeness (QED) is 0.665. The molecule has 3 rings (SSSR count). The SMILES string of the molecule is Cc1cc(-c2ccnc3[nH]c(=O)[nH]c23)c(F)cc1CN. The fraction of sp³-hybridized carbons (Fsp3) is 0.143. The van der Waals surface area contributed by atoms with Crippen LogP contribution in [0, 0.1) is 12.7 Å². The smallest absolute Gasteiger partial charge is 0.325 e. The van der Waals surface area contributed by atoms with Crippen LogP contribution in [0.1, 0.15) is 11.1 Å². The van der Waals surface area contributed by atoms with Crippen molar-refractivity contribution < 1.29 is 4.39 Å². The molecule has 0 bridgehead atoms. The van der Waals surface area contributed by atoms with Crippen molar-refractivity contribution in [3.05, 3.63) is 51.8 Å². The molecule has 2 heterocycles. The Kier molecular flexibility index (Phi) is 2.87. The topological polar surface area (TPSA) is 87.6 Å². The van der Waals surface area contributed by atoms with Crippen LogP contribution < -0.4 is 11.4 Å². The minimum Gasteiger partial charge on any atom is -0.326 e. The van der Waals surface area contributed by atoms with Crippen LogP contribution >= 0.6 is 0 Å². The Hall–Kier alpha value is -2.47. The van der Waals surface area contributed by atoms with Gasteiger partial charge in [-0.1, -0.05) is 0 Å². The molecule has 6 heteroatoms. The lowest BCUT2D eigenvalue weighted by Gasteiger charge is -2.09. The summed E-state index contributed by atoms with van der Waals surface area (Å²) in [6.07, 6.45) is 1.53. The summed E-state index contributed by atoms with van der Waals surface area (Å²) in [5.74, 6) is -0.370. The molecule has 4 N–H and O–H groups in total. The molecule has 0 aliphatic heterocycles. The van der Waals surface area contributed by atoms with Gasteiger partial charge in [-0.3, -0.25) is 4.98 Å². The third-order valence-corrected chi connectivity index (χ3v) is 3.36. The van der Waals surface area contributed by atoms with Crippen LogP contribution in [0.3, 0.4) is 0 Å². The first-order valence-corrected chi connectivity index (χ1v) is 6.16. The van der Waals surface area contributed by atoms with E-state index in [0.717, 1.165) is 11.1 Å². The molecule has 20 heavy (non-hydrogen) atoms. The van der Waals surface area contributed by atoms with Crippen LogP contribution in [0.15, 0.2) is 29.2 Å². The van der Waals surface area contributed by atoms with Gasteiger partial charge in [0.25, 0.3) is 0 Å². The molecule has 0 aliphatic rings. The molecule has 102 valence electrons. The van der Waals surface area contributed by atoms with Crippen molar-refractivity contribution in [3.8, 4) is 11.1 Å². The minimum atomic E-state index is -0.370. The molecule has 0 spiro atoms. The molecule has 2 aromatic heterocycles. The lowest BCUT2D eigenvalue weighted by atomic mass is 9.99. The lowest BCUT2D eigenvalue weighted by molar-refractivity contribution is 0.628. The number of rotatable bonds is 2. The molecule has 1 aromatic carbocycles. The van der Waals surface area contributed by atoms with Gasteiger partial charge in [0.15, 0.2) is 5.65 Å². The first-order chi connectivity index (χ1) is 9.60. The van der Waals surface area contributed by atoms with Gasteiger partial charge in [0.1, 0.15) is 5.82 Å². The number of benzene rings is 1. The number of nitrogens with one attached hydrogen (secondary N) is 2. The third kappa shape index (κ3) is 1.90. The molecule has 0 saturated heterocycles. The van der Waals surface area contributed by atoms with E-state index >= 15 is 0 Å². The van der Waals surface area contributed by atoms with Crippen LogP contribution in [-0.2, 0) is 6.54 Å². The molecule has 0 radical (unpaired) electrons. The van der Waals surface area contributed by atoms with Crippen LogP contribution in [0.2, 0.25) is 0 Å². The van der Waals surface area contributed by atoms with Gasteiger partial charge in [-0.05, 0) is 36.2 Å². The van der Waals surface area contributed by atoms with Gasteiger partial charge in [0.05, 0.1) is 5.52 Å². The number of hydrogen-bond donors (Lipinski definition) is 3. The summed E-state index contributed by atoms with van der Waals surface area (Å²) < 4.78 is 14.3. The Bertz CT molecular complexity index is 850. The van der Waals surface area contributed by atoms with Crippen LogP contribution in [0.5, 0.6) is 0 Å². The van der Waals surface area contributed by atoms with Gasteiger partial charge in [0.2, 0.25) is 0 Å². The molecule has 0 saturated carbocycles. The molecular weight excluding hydrogens is 259 g/mol. The van der Waals surface area contributed by atoms with Gasteiger partial charge in [-0.15, -0.1) is 0 Å². The van der Waals surface area contributed by atoms with Crippen molar-refractivity contribution in [2.45, 2.75) is 13.5 Å². The number of aryl methyl sites for hydroxylation is 1. The molecule has 0 aliphatic carbocycles. The largest absolute Gasteiger partial charge is 0.326 e. The van der Waals surface area contributed by atoms with E-state index in [4.69, 9.17) is 5.73 Å². The van der Waals surface area contributed by atoms with E-state index in [2.05, 4.69) is 15.0 Å². The van der Waals surface area contributed by atoms with Crippen LogP contribution in [-0.4, -0.2) is 15.0 Å². The summed E-state index contributed by atoms with van der Waals surface area (Å²) in [5, 5.41) is 0. The molecule has 0 fully saturated rings. The predicted octanol–water partition coefficient (Wildman–Crippen LogP) is 1.82. The second kappa shape index (κ2) is 4.57. The first kappa shape index (κ1) is 12.6. The Morgan fingerprint density at radius 3 is 2.85 bits per heavy atom. The third-order valence-electron chi connectivity index (χ3n) is 3.36. The minimum absolute atomic E-state index is 0.287.